The second-order valence-corrected chi connectivity index (χ2v) is 7.71. The molecule has 0 aliphatic carbocycles. The first-order valence-corrected chi connectivity index (χ1v) is 11.0. The number of aromatic nitrogens is 2. The molecule has 0 aliphatic rings. The van der Waals surface area contributed by atoms with Crippen molar-refractivity contribution in [2.24, 2.45) is 0 Å². The van der Waals surface area contributed by atoms with E-state index in [0.717, 1.165) is 5.56 Å². The first kappa shape index (κ1) is 24.7. The highest BCUT2D eigenvalue weighted by atomic mass is 19.1. The van der Waals surface area contributed by atoms with Crippen LogP contribution in [0.1, 0.15) is 26.6 Å². The summed E-state index contributed by atoms with van der Waals surface area (Å²) in [5.41, 5.74) is 2.20. The zero-order valence-electron chi connectivity index (χ0n) is 20.0. The zero-order chi connectivity index (χ0) is 25.7. The largest absolute Gasteiger partial charge is 0.494 e. The summed E-state index contributed by atoms with van der Waals surface area (Å²) in [4.78, 5) is 30.2. The van der Waals surface area contributed by atoms with Gasteiger partial charge >= 0.3 is 5.97 Å². The van der Waals surface area contributed by atoms with Crippen molar-refractivity contribution in [2.75, 3.05) is 38.6 Å². The lowest BCUT2D eigenvalue weighted by atomic mass is 10.2. The molecule has 0 saturated heterocycles. The van der Waals surface area contributed by atoms with Gasteiger partial charge in [-0.1, -0.05) is 6.07 Å². The van der Waals surface area contributed by atoms with Gasteiger partial charge in [-0.25, -0.2) is 14.2 Å². The highest BCUT2D eigenvalue weighted by Crippen LogP contribution is 2.33. The molecule has 10 nitrogen and oxygen atoms in total. The molecule has 1 amide bonds. The number of ether oxygens (including phenoxy) is 3. The minimum atomic E-state index is -0.647. The van der Waals surface area contributed by atoms with Crippen molar-refractivity contribution in [2.45, 2.75) is 13.1 Å². The van der Waals surface area contributed by atoms with E-state index in [9.17, 15) is 14.0 Å². The van der Waals surface area contributed by atoms with Crippen LogP contribution in [-0.2, 0) is 22.6 Å². The molecule has 0 radical (unpaired) electrons. The van der Waals surface area contributed by atoms with Crippen LogP contribution < -0.4 is 15.4 Å². The predicted molar refractivity (Wildman–Crippen MR) is 130 cm³/mol. The van der Waals surface area contributed by atoms with Crippen LogP contribution in [0.25, 0.3) is 11.0 Å². The van der Waals surface area contributed by atoms with Gasteiger partial charge in [0.25, 0.3) is 5.91 Å². The third-order valence-electron chi connectivity index (χ3n) is 5.49. The summed E-state index contributed by atoms with van der Waals surface area (Å²) < 4.78 is 35.8. The second kappa shape index (κ2) is 10.9. The van der Waals surface area contributed by atoms with Crippen molar-refractivity contribution in [1.82, 2.24) is 9.55 Å². The topological polar surface area (TPSA) is 117 Å². The quantitative estimate of drug-likeness (QED) is 0.316. The van der Waals surface area contributed by atoms with E-state index >= 15 is 0 Å². The number of rotatable bonds is 10. The van der Waals surface area contributed by atoms with Gasteiger partial charge in [0.1, 0.15) is 5.65 Å². The lowest BCUT2D eigenvalue weighted by Gasteiger charge is -2.10. The van der Waals surface area contributed by atoms with E-state index in [1.54, 1.807) is 42.1 Å². The van der Waals surface area contributed by atoms with E-state index in [4.69, 9.17) is 18.6 Å². The number of hydrogen-bond acceptors (Lipinski definition) is 8. The number of esters is 1. The number of nitrogens with zero attached hydrogens (tertiary/aromatic N) is 2. The Kier molecular flexibility index (Phi) is 7.50. The molecule has 0 atom stereocenters. The summed E-state index contributed by atoms with van der Waals surface area (Å²) in [5, 5.41) is 6.50. The van der Waals surface area contributed by atoms with Gasteiger partial charge in [-0.3, -0.25) is 4.79 Å². The molecular weight excluding hydrogens is 471 g/mol. The first-order chi connectivity index (χ1) is 17.5. The number of anilines is 2. The minimum absolute atomic E-state index is 0.0797. The van der Waals surface area contributed by atoms with Crippen LogP contribution in [-0.4, -0.2) is 49.4 Å². The van der Waals surface area contributed by atoms with E-state index in [-0.39, 0.29) is 22.9 Å². The van der Waals surface area contributed by atoms with E-state index in [2.05, 4.69) is 15.6 Å². The number of amides is 1. The Morgan fingerprint density at radius 1 is 1.17 bits per heavy atom. The van der Waals surface area contributed by atoms with E-state index in [1.807, 2.05) is 0 Å². The number of benzene rings is 1. The highest BCUT2D eigenvalue weighted by Gasteiger charge is 2.27. The minimum Gasteiger partial charge on any atom is -0.494 e. The number of furan rings is 1. The summed E-state index contributed by atoms with van der Waals surface area (Å²) in [6, 6.07) is 9.43. The number of carbonyl (C=O) groups excluding carboxylic acids is 2. The van der Waals surface area contributed by atoms with Gasteiger partial charge in [-0.2, -0.15) is 0 Å². The zero-order valence-corrected chi connectivity index (χ0v) is 20.0. The maximum atomic E-state index is 13.7. The fourth-order valence-electron chi connectivity index (χ4n) is 3.76. The van der Waals surface area contributed by atoms with Gasteiger partial charge in [-0.15, -0.1) is 0 Å². The van der Waals surface area contributed by atoms with Crippen LogP contribution in [0, 0.1) is 5.82 Å². The average molecular weight is 496 g/mol. The lowest BCUT2D eigenvalue weighted by molar-refractivity contribution is 0.0588. The molecule has 0 unspecified atom stereocenters. The lowest BCUT2D eigenvalue weighted by Crippen LogP contribution is -2.18. The van der Waals surface area contributed by atoms with Crippen LogP contribution in [0.5, 0.6) is 5.75 Å². The number of nitrogens with one attached hydrogen (secondary N) is 2. The molecule has 3 aromatic heterocycles. The Balaban J connectivity index is 1.74. The van der Waals surface area contributed by atoms with Crippen molar-refractivity contribution in [3.05, 3.63) is 71.7 Å². The SMILES string of the molecule is COCCn1c(C(=O)OC)c(NC(=O)c2ccco2)c2cc(NCc3ccc(F)c(OC)c3)cnc21. The van der Waals surface area contributed by atoms with Crippen molar-refractivity contribution in [3.63, 3.8) is 0 Å². The Bertz CT molecular complexity index is 1380. The number of hydrogen-bond donors (Lipinski definition) is 2. The van der Waals surface area contributed by atoms with Crippen LogP contribution >= 0.6 is 0 Å². The molecule has 0 spiro atoms. The Hall–Kier alpha value is -4.38. The van der Waals surface area contributed by atoms with Crippen molar-refractivity contribution < 1.29 is 32.6 Å². The summed E-state index contributed by atoms with van der Waals surface area (Å²) in [7, 11) is 4.21. The predicted octanol–water partition coefficient (Wildman–Crippen LogP) is 4.07. The third kappa shape index (κ3) is 5.01. The molecule has 188 valence electrons. The van der Waals surface area contributed by atoms with E-state index in [1.165, 1.54) is 32.6 Å². The smallest absolute Gasteiger partial charge is 0.356 e. The second-order valence-electron chi connectivity index (χ2n) is 7.71. The summed E-state index contributed by atoms with van der Waals surface area (Å²) in [6.45, 7) is 0.947. The van der Waals surface area contributed by atoms with Crippen LogP contribution in [0.2, 0.25) is 0 Å². The average Bonchev–Trinajstić information content (AvgIpc) is 3.53. The van der Waals surface area contributed by atoms with Gasteiger partial charge in [0, 0.05) is 25.6 Å². The summed E-state index contributed by atoms with van der Waals surface area (Å²) in [6.07, 6.45) is 2.98. The molecule has 0 saturated carbocycles. The molecular formula is C25H25FN4O6. The van der Waals surface area contributed by atoms with Crippen LogP contribution in [0.15, 0.2) is 53.3 Å². The van der Waals surface area contributed by atoms with Gasteiger partial charge in [0.05, 0.1) is 44.7 Å². The maximum Gasteiger partial charge on any atom is 0.356 e. The van der Waals surface area contributed by atoms with E-state index in [0.29, 0.717) is 36.4 Å². The molecule has 3 heterocycles. The molecule has 11 heteroatoms. The number of pyridine rings is 1. The Labute approximate surface area is 206 Å². The molecule has 2 N–H and O–H groups in total. The Morgan fingerprint density at radius 2 is 2.00 bits per heavy atom. The van der Waals surface area contributed by atoms with E-state index < -0.39 is 17.7 Å². The molecule has 4 aromatic rings. The number of methoxy groups -OCH3 is 3. The van der Waals surface area contributed by atoms with Gasteiger partial charge in [0.15, 0.2) is 23.0 Å². The molecule has 0 aliphatic heterocycles. The molecule has 0 fully saturated rings. The first-order valence-electron chi connectivity index (χ1n) is 11.0. The fraction of sp³-hybridized carbons (Fsp3) is 0.240. The maximum absolute atomic E-state index is 13.7. The van der Waals surface area contributed by atoms with Gasteiger partial charge in [-0.05, 0) is 35.9 Å². The van der Waals surface area contributed by atoms with Gasteiger partial charge in [0.2, 0.25) is 0 Å². The Morgan fingerprint density at radius 3 is 2.69 bits per heavy atom. The third-order valence-corrected chi connectivity index (χ3v) is 5.49. The number of fused-ring (bicyclic) bond motifs is 1. The van der Waals surface area contributed by atoms with Crippen molar-refractivity contribution >= 4 is 34.3 Å². The van der Waals surface area contributed by atoms with Crippen molar-refractivity contribution in [1.29, 1.82) is 0 Å². The number of halogens is 1. The monoisotopic (exact) mass is 496 g/mol. The molecule has 36 heavy (non-hydrogen) atoms. The molecule has 4 rings (SSSR count). The molecule has 0 bridgehead atoms. The van der Waals surface area contributed by atoms with Crippen LogP contribution in [0.3, 0.4) is 0 Å². The van der Waals surface area contributed by atoms with Gasteiger partial charge < -0.3 is 33.8 Å². The normalized spacial score (nSPS) is 10.9. The van der Waals surface area contributed by atoms with Crippen LogP contribution in [0.4, 0.5) is 15.8 Å². The fourth-order valence-corrected chi connectivity index (χ4v) is 3.76. The standard InChI is InChI=1S/C25H25FN4O6/c1-33-10-8-30-22(25(32)35-3)21(29-24(31)19-5-4-9-36-19)17-12-16(14-28-23(17)30)27-13-15-6-7-18(26)20(11-15)34-2/h4-7,9,11-12,14,27H,8,10,13H2,1-3H3,(H,29,31). The molecule has 1 aromatic carbocycles. The summed E-state index contributed by atoms with van der Waals surface area (Å²) in [5.74, 6) is -1.41. The number of carbonyl (C=O) groups is 2. The highest BCUT2D eigenvalue weighted by molar-refractivity contribution is 6.14. The van der Waals surface area contributed by atoms with Crippen molar-refractivity contribution in [3.8, 4) is 5.75 Å². The summed E-state index contributed by atoms with van der Waals surface area (Å²) >= 11 is 0.